The number of aryl methyl sites for hydroxylation is 1. The predicted molar refractivity (Wildman–Crippen MR) is 98.5 cm³/mol. The van der Waals surface area contributed by atoms with Crippen LogP contribution in [-0.2, 0) is 16.6 Å². The van der Waals surface area contributed by atoms with Gasteiger partial charge in [0.05, 0.1) is 31.1 Å². The van der Waals surface area contributed by atoms with Crippen LogP contribution in [0.5, 0.6) is 0 Å². The molecule has 1 saturated heterocycles. The van der Waals surface area contributed by atoms with Crippen molar-refractivity contribution in [3.8, 4) is 0 Å². The maximum Gasteiger partial charge on any atom is 0.243 e. The Balaban J connectivity index is 1.66. The highest BCUT2D eigenvalue weighted by Crippen LogP contribution is 2.22. The Morgan fingerprint density at radius 1 is 1.08 bits per heavy atom. The normalized spacial score (nSPS) is 17.1. The van der Waals surface area contributed by atoms with E-state index in [1.807, 2.05) is 25.1 Å². The van der Waals surface area contributed by atoms with Crippen molar-refractivity contribution in [3.63, 3.8) is 0 Å². The SMILES string of the molecule is Cc1cc(S(=O)(=O)N2CC[NH+](Cc3ccccc3)CC2)ccc1Br. The third-order valence-electron chi connectivity index (χ3n) is 4.49. The maximum absolute atomic E-state index is 12.8. The lowest BCUT2D eigenvalue weighted by Gasteiger charge is -2.31. The van der Waals surface area contributed by atoms with Crippen LogP contribution in [0.2, 0.25) is 0 Å². The number of hydrogen-bond donors (Lipinski definition) is 1. The lowest BCUT2D eigenvalue weighted by Crippen LogP contribution is -3.13. The van der Waals surface area contributed by atoms with Crippen LogP contribution in [-0.4, -0.2) is 38.9 Å². The van der Waals surface area contributed by atoms with E-state index in [4.69, 9.17) is 0 Å². The molecule has 0 bridgehead atoms. The molecule has 2 aromatic carbocycles. The first-order valence-corrected chi connectivity index (χ1v) is 10.3. The molecule has 0 amide bonds. The van der Waals surface area contributed by atoms with E-state index >= 15 is 0 Å². The van der Waals surface area contributed by atoms with E-state index < -0.39 is 10.0 Å². The molecule has 1 N–H and O–H groups in total. The second kappa shape index (κ2) is 7.35. The van der Waals surface area contributed by atoms with Gasteiger partial charge < -0.3 is 4.90 Å². The molecule has 4 nitrogen and oxygen atoms in total. The van der Waals surface area contributed by atoms with Crippen LogP contribution in [0.25, 0.3) is 0 Å². The zero-order valence-corrected chi connectivity index (χ0v) is 16.1. The lowest BCUT2D eigenvalue weighted by atomic mass is 10.2. The van der Waals surface area contributed by atoms with Crippen molar-refractivity contribution in [2.24, 2.45) is 0 Å². The second-order valence-corrected chi connectivity index (χ2v) is 9.02. The first-order valence-electron chi connectivity index (χ1n) is 8.10. The van der Waals surface area contributed by atoms with Gasteiger partial charge in [0.2, 0.25) is 10.0 Å². The largest absolute Gasteiger partial charge is 0.329 e. The fraction of sp³-hybridized carbons (Fsp3) is 0.333. The fourth-order valence-corrected chi connectivity index (χ4v) is 4.80. The molecule has 0 aliphatic carbocycles. The summed E-state index contributed by atoms with van der Waals surface area (Å²) < 4.78 is 28.2. The quantitative estimate of drug-likeness (QED) is 0.836. The van der Waals surface area contributed by atoms with E-state index in [0.717, 1.165) is 29.7 Å². The Kier molecular flexibility index (Phi) is 5.39. The van der Waals surface area contributed by atoms with E-state index in [0.29, 0.717) is 18.0 Å². The Morgan fingerprint density at radius 3 is 2.38 bits per heavy atom. The molecular weight excluding hydrogens is 388 g/mol. The van der Waals surface area contributed by atoms with Crippen molar-refractivity contribution < 1.29 is 13.3 Å². The summed E-state index contributed by atoms with van der Waals surface area (Å²) in [6.45, 7) is 5.67. The molecule has 24 heavy (non-hydrogen) atoms. The Labute approximate surface area is 152 Å². The topological polar surface area (TPSA) is 41.8 Å². The van der Waals surface area contributed by atoms with Crippen LogP contribution in [0, 0.1) is 6.92 Å². The number of benzene rings is 2. The highest BCUT2D eigenvalue weighted by Gasteiger charge is 2.30. The summed E-state index contributed by atoms with van der Waals surface area (Å²) in [5.41, 5.74) is 2.23. The minimum atomic E-state index is -3.40. The number of nitrogens with one attached hydrogen (secondary N) is 1. The number of nitrogens with zero attached hydrogens (tertiary/aromatic N) is 1. The van der Waals surface area contributed by atoms with Crippen LogP contribution in [0.4, 0.5) is 0 Å². The first kappa shape index (κ1) is 17.6. The summed E-state index contributed by atoms with van der Waals surface area (Å²) in [6, 6.07) is 15.6. The van der Waals surface area contributed by atoms with Crippen molar-refractivity contribution in [3.05, 3.63) is 64.1 Å². The van der Waals surface area contributed by atoms with Gasteiger partial charge in [-0.2, -0.15) is 4.31 Å². The van der Waals surface area contributed by atoms with Crippen molar-refractivity contribution in [2.75, 3.05) is 26.2 Å². The zero-order chi connectivity index (χ0) is 17.2. The van der Waals surface area contributed by atoms with E-state index in [-0.39, 0.29) is 0 Å². The van der Waals surface area contributed by atoms with Crippen molar-refractivity contribution in [1.29, 1.82) is 0 Å². The van der Waals surface area contributed by atoms with E-state index in [1.54, 1.807) is 22.5 Å². The highest BCUT2D eigenvalue weighted by atomic mass is 79.9. The highest BCUT2D eigenvalue weighted by molar-refractivity contribution is 9.10. The van der Waals surface area contributed by atoms with E-state index in [2.05, 4.69) is 28.1 Å². The van der Waals surface area contributed by atoms with Gasteiger partial charge in [0.1, 0.15) is 6.54 Å². The van der Waals surface area contributed by atoms with Gasteiger partial charge in [0.25, 0.3) is 0 Å². The van der Waals surface area contributed by atoms with Gasteiger partial charge in [-0.15, -0.1) is 0 Å². The first-order chi connectivity index (χ1) is 11.5. The number of sulfonamides is 1. The average Bonchev–Trinajstić information content (AvgIpc) is 2.58. The summed E-state index contributed by atoms with van der Waals surface area (Å²) >= 11 is 3.42. The zero-order valence-electron chi connectivity index (χ0n) is 13.7. The van der Waals surface area contributed by atoms with Crippen LogP contribution in [0.3, 0.4) is 0 Å². The molecule has 128 valence electrons. The van der Waals surface area contributed by atoms with E-state index in [1.165, 1.54) is 10.5 Å². The Hall–Kier alpha value is -1.21. The molecule has 0 unspecified atom stereocenters. The van der Waals surface area contributed by atoms with Gasteiger partial charge in [-0.25, -0.2) is 8.42 Å². The smallest absolute Gasteiger partial charge is 0.243 e. The monoisotopic (exact) mass is 409 g/mol. The Bertz CT molecular complexity index is 801. The summed E-state index contributed by atoms with van der Waals surface area (Å²) in [5.74, 6) is 0. The summed E-state index contributed by atoms with van der Waals surface area (Å²) in [7, 11) is -3.40. The third kappa shape index (κ3) is 3.88. The second-order valence-electron chi connectivity index (χ2n) is 6.23. The number of quaternary nitrogens is 1. The molecule has 0 radical (unpaired) electrons. The molecule has 6 heteroatoms. The van der Waals surface area contributed by atoms with Gasteiger partial charge in [-0.3, -0.25) is 0 Å². The standard InChI is InChI=1S/C18H21BrN2O2S/c1-15-13-17(7-8-18(15)19)24(22,23)21-11-9-20(10-12-21)14-16-5-3-2-4-6-16/h2-8,13H,9-12,14H2,1H3/p+1. The molecular formula is C18H22BrN2O2S+. The molecule has 0 aromatic heterocycles. The molecule has 1 aliphatic rings. The summed E-state index contributed by atoms with van der Waals surface area (Å²) in [6.07, 6.45) is 0. The lowest BCUT2D eigenvalue weighted by molar-refractivity contribution is -0.917. The minimum Gasteiger partial charge on any atom is -0.329 e. The molecule has 1 fully saturated rings. The summed E-state index contributed by atoms with van der Waals surface area (Å²) in [5, 5.41) is 0. The van der Waals surface area contributed by atoms with Gasteiger partial charge in [0.15, 0.2) is 0 Å². The van der Waals surface area contributed by atoms with Crippen LogP contribution < -0.4 is 4.90 Å². The van der Waals surface area contributed by atoms with Crippen LogP contribution in [0.1, 0.15) is 11.1 Å². The number of hydrogen-bond acceptors (Lipinski definition) is 2. The summed E-state index contributed by atoms with van der Waals surface area (Å²) in [4.78, 5) is 1.81. The molecule has 0 atom stereocenters. The van der Waals surface area contributed by atoms with Crippen LogP contribution >= 0.6 is 15.9 Å². The molecule has 3 rings (SSSR count). The Morgan fingerprint density at radius 2 is 1.75 bits per heavy atom. The molecule has 2 aromatic rings. The molecule has 0 saturated carbocycles. The molecule has 1 aliphatic heterocycles. The molecule has 0 spiro atoms. The maximum atomic E-state index is 12.8. The minimum absolute atomic E-state index is 0.384. The van der Waals surface area contributed by atoms with Gasteiger partial charge >= 0.3 is 0 Å². The van der Waals surface area contributed by atoms with Crippen molar-refractivity contribution >= 4 is 26.0 Å². The predicted octanol–water partition coefficient (Wildman–Crippen LogP) is 1.85. The van der Waals surface area contributed by atoms with E-state index in [9.17, 15) is 8.42 Å². The fourth-order valence-electron chi connectivity index (χ4n) is 3.03. The average molecular weight is 410 g/mol. The van der Waals surface area contributed by atoms with Crippen molar-refractivity contribution in [2.45, 2.75) is 18.4 Å². The number of piperazine rings is 1. The number of rotatable bonds is 4. The van der Waals surface area contributed by atoms with Crippen LogP contribution in [0.15, 0.2) is 57.9 Å². The molecule has 1 heterocycles. The van der Waals surface area contributed by atoms with Gasteiger partial charge in [-0.05, 0) is 30.7 Å². The third-order valence-corrected chi connectivity index (χ3v) is 7.28. The van der Waals surface area contributed by atoms with Gasteiger partial charge in [-0.1, -0.05) is 46.3 Å². The van der Waals surface area contributed by atoms with Crippen molar-refractivity contribution in [1.82, 2.24) is 4.31 Å². The number of halogens is 1. The van der Waals surface area contributed by atoms with Gasteiger partial charge in [0, 0.05) is 10.0 Å².